The molecule has 0 spiro atoms. The number of rotatable bonds is 6. The van der Waals surface area contributed by atoms with E-state index in [9.17, 15) is 4.79 Å². The lowest BCUT2D eigenvalue weighted by Crippen LogP contribution is -2.51. The summed E-state index contributed by atoms with van der Waals surface area (Å²) in [6.07, 6.45) is 1.69. The minimum Gasteiger partial charge on any atom is -0.495 e. The van der Waals surface area contributed by atoms with Gasteiger partial charge < -0.3 is 24.6 Å². The number of benzene rings is 1. The average molecular weight is 370 g/mol. The fourth-order valence-electron chi connectivity index (χ4n) is 3.12. The Labute approximate surface area is 159 Å². The van der Waals surface area contributed by atoms with Gasteiger partial charge in [-0.2, -0.15) is 0 Å². The maximum absolute atomic E-state index is 12.5. The van der Waals surface area contributed by atoms with Crippen LogP contribution >= 0.6 is 0 Å². The molecule has 2 aromatic rings. The smallest absolute Gasteiger partial charge is 0.317 e. The third-order valence-electron chi connectivity index (χ3n) is 4.53. The van der Waals surface area contributed by atoms with Crippen LogP contribution in [-0.4, -0.2) is 55.8 Å². The van der Waals surface area contributed by atoms with E-state index in [4.69, 9.17) is 9.47 Å². The van der Waals surface area contributed by atoms with Gasteiger partial charge in [-0.3, -0.25) is 0 Å². The predicted molar refractivity (Wildman–Crippen MR) is 104 cm³/mol. The van der Waals surface area contributed by atoms with E-state index in [0.29, 0.717) is 32.1 Å². The van der Waals surface area contributed by atoms with E-state index in [1.807, 2.05) is 48.2 Å². The number of ether oxygens (including phenoxy) is 2. The first-order valence-electron chi connectivity index (χ1n) is 9.19. The second-order valence-corrected chi connectivity index (χ2v) is 6.24. The van der Waals surface area contributed by atoms with E-state index >= 15 is 0 Å². The molecule has 7 nitrogen and oxygen atoms in total. The first-order valence-corrected chi connectivity index (χ1v) is 9.19. The average Bonchev–Trinajstić information content (AvgIpc) is 2.72. The number of anilines is 1. The van der Waals surface area contributed by atoms with E-state index in [-0.39, 0.29) is 6.03 Å². The fourth-order valence-corrected chi connectivity index (χ4v) is 3.12. The van der Waals surface area contributed by atoms with Gasteiger partial charge in [0.25, 0.3) is 0 Å². The first-order chi connectivity index (χ1) is 13.2. The summed E-state index contributed by atoms with van der Waals surface area (Å²) in [4.78, 5) is 20.7. The topological polar surface area (TPSA) is 66.9 Å². The second-order valence-electron chi connectivity index (χ2n) is 6.24. The number of aromatic nitrogens is 1. The van der Waals surface area contributed by atoms with Crippen molar-refractivity contribution in [3.05, 3.63) is 48.2 Å². The highest BCUT2D eigenvalue weighted by Gasteiger charge is 2.22. The van der Waals surface area contributed by atoms with E-state index in [1.165, 1.54) is 0 Å². The Morgan fingerprint density at radius 3 is 2.70 bits per heavy atom. The molecule has 1 aliphatic rings. The van der Waals surface area contributed by atoms with Crippen molar-refractivity contribution in [1.29, 1.82) is 0 Å². The molecule has 1 aromatic heterocycles. The summed E-state index contributed by atoms with van der Waals surface area (Å²) in [6, 6.07) is 11.6. The Kier molecular flexibility index (Phi) is 6.35. The number of nitrogens with one attached hydrogen (secondary N) is 1. The molecule has 2 heterocycles. The third-order valence-corrected chi connectivity index (χ3v) is 4.53. The lowest BCUT2D eigenvalue weighted by molar-refractivity contribution is 0.194. The van der Waals surface area contributed by atoms with Crippen LogP contribution in [0.4, 0.5) is 10.5 Å². The number of para-hydroxylation sites is 2. The molecule has 3 rings (SSSR count). The standard InChI is InChI=1S/C20H26N4O3/c1-3-27-19-14-16(8-9-21-19)15-22-20(25)24-12-10-23(11-13-24)17-6-4-5-7-18(17)26-2/h4-9,14H,3,10-13,15H2,1-2H3,(H,22,25). The number of carbonyl (C=O) groups is 1. The van der Waals surface area contributed by atoms with E-state index in [0.717, 1.165) is 30.1 Å². The molecule has 1 N–H and O–H groups in total. The Morgan fingerprint density at radius 2 is 1.96 bits per heavy atom. The molecule has 144 valence electrons. The number of hydrogen-bond donors (Lipinski definition) is 1. The minimum atomic E-state index is -0.0514. The number of urea groups is 1. The summed E-state index contributed by atoms with van der Waals surface area (Å²) in [7, 11) is 1.68. The van der Waals surface area contributed by atoms with Crippen LogP contribution < -0.4 is 19.7 Å². The van der Waals surface area contributed by atoms with Crippen LogP contribution in [0.5, 0.6) is 11.6 Å². The van der Waals surface area contributed by atoms with Crippen molar-refractivity contribution >= 4 is 11.7 Å². The molecule has 1 saturated heterocycles. The Balaban J connectivity index is 1.50. The SMILES string of the molecule is CCOc1cc(CNC(=O)N2CCN(c3ccccc3OC)CC2)ccn1. The molecule has 0 bridgehead atoms. The molecule has 1 aliphatic heterocycles. The van der Waals surface area contributed by atoms with Gasteiger partial charge in [0.1, 0.15) is 5.75 Å². The van der Waals surface area contributed by atoms with Gasteiger partial charge in [0.15, 0.2) is 0 Å². The van der Waals surface area contributed by atoms with Crippen molar-refractivity contribution in [2.24, 2.45) is 0 Å². The van der Waals surface area contributed by atoms with Crippen molar-refractivity contribution in [3.8, 4) is 11.6 Å². The van der Waals surface area contributed by atoms with Crippen LogP contribution in [0.3, 0.4) is 0 Å². The van der Waals surface area contributed by atoms with Gasteiger partial charge in [0, 0.05) is 45.0 Å². The Hall–Kier alpha value is -2.96. The number of carbonyl (C=O) groups excluding carboxylic acids is 1. The molecular formula is C20H26N4O3. The van der Waals surface area contributed by atoms with Gasteiger partial charge in [-0.05, 0) is 30.7 Å². The van der Waals surface area contributed by atoms with Gasteiger partial charge in [-0.15, -0.1) is 0 Å². The van der Waals surface area contributed by atoms with Gasteiger partial charge in [-0.1, -0.05) is 12.1 Å². The lowest BCUT2D eigenvalue weighted by atomic mass is 10.2. The summed E-state index contributed by atoms with van der Waals surface area (Å²) < 4.78 is 10.8. The molecule has 2 amide bonds. The largest absolute Gasteiger partial charge is 0.495 e. The van der Waals surface area contributed by atoms with Crippen molar-refractivity contribution in [2.75, 3.05) is 44.8 Å². The van der Waals surface area contributed by atoms with E-state index < -0.39 is 0 Å². The molecule has 1 aromatic carbocycles. The van der Waals surface area contributed by atoms with Crippen molar-refractivity contribution in [1.82, 2.24) is 15.2 Å². The van der Waals surface area contributed by atoms with Crippen LogP contribution in [0.15, 0.2) is 42.6 Å². The zero-order valence-corrected chi connectivity index (χ0v) is 15.9. The lowest BCUT2D eigenvalue weighted by Gasteiger charge is -2.36. The minimum absolute atomic E-state index is 0.0514. The van der Waals surface area contributed by atoms with Crippen molar-refractivity contribution in [2.45, 2.75) is 13.5 Å². The van der Waals surface area contributed by atoms with Crippen LogP contribution in [0.1, 0.15) is 12.5 Å². The maximum atomic E-state index is 12.5. The predicted octanol–water partition coefficient (Wildman–Crippen LogP) is 2.52. The number of pyridine rings is 1. The Bertz CT molecular complexity index is 760. The van der Waals surface area contributed by atoms with Crippen molar-refractivity contribution in [3.63, 3.8) is 0 Å². The third kappa shape index (κ3) is 4.81. The van der Waals surface area contributed by atoms with Gasteiger partial charge in [0.2, 0.25) is 5.88 Å². The monoisotopic (exact) mass is 370 g/mol. The highest BCUT2D eigenvalue weighted by atomic mass is 16.5. The van der Waals surface area contributed by atoms with Crippen LogP contribution in [0.2, 0.25) is 0 Å². The van der Waals surface area contributed by atoms with E-state index in [2.05, 4.69) is 15.2 Å². The molecule has 0 radical (unpaired) electrons. The highest BCUT2D eigenvalue weighted by Crippen LogP contribution is 2.28. The molecule has 0 saturated carbocycles. The van der Waals surface area contributed by atoms with Crippen molar-refractivity contribution < 1.29 is 14.3 Å². The number of methoxy groups -OCH3 is 1. The maximum Gasteiger partial charge on any atom is 0.317 e. The fraction of sp³-hybridized carbons (Fsp3) is 0.400. The summed E-state index contributed by atoms with van der Waals surface area (Å²) in [5, 5.41) is 2.98. The molecule has 0 aliphatic carbocycles. The number of piperazine rings is 1. The first kappa shape index (κ1) is 18.8. The van der Waals surface area contributed by atoms with Crippen LogP contribution in [-0.2, 0) is 6.54 Å². The van der Waals surface area contributed by atoms with Crippen LogP contribution in [0, 0.1) is 0 Å². The van der Waals surface area contributed by atoms with Gasteiger partial charge >= 0.3 is 6.03 Å². The van der Waals surface area contributed by atoms with Gasteiger partial charge in [-0.25, -0.2) is 9.78 Å². The zero-order chi connectivity index (χ0) is 19.1. The second kappa shape index (κ2) is 9.12. The summed E-state index contributed by atoms with van der Waals surface area (Å²) in [5.41, 5.74) is 2.04. The van der Waals surface area contributed by atoms with E-state index in [1.54, 1.807) is 13.3 Å². The molecule has 27 heavy (non-hydrogen) atoms. The Morgan fingerprint density at radius 1 is 1.19 bits per heavy atom. The molecule has 0 atom stereocenters. The zero-order valence-electron chi connectivity index (χ0n) is 15.9. The summed E-state index contributed by atoms with van der Waals surface area (Å²) >= 11 is 0. The van der Waals surface area contributed by atoms with Crippen LogP contribution in [0.25, 0.3) is 0 Å². The molecule has 1 fully saturated rings. The summed E-state index contributed by atoms with van der Waals surface area (Å²) in [6.45, 7) is 5.83. The summed E-state index contributed by atoms with van der Waals surface area (Å²) in [5.74, 6) is 1.44. The number of hydrogen-bond acceptors (Lipinski definition) is 5. The quantitative estimate of drug-likeness (QED) is 0.846. The molecular weight excluding hydrogens is 344 g/mol. The highest BCUT2D eigenvalue weighted by molar-refractivity contribution is 5.74. The van der Waals surface area contributed by atoms with Gasteiger partial charge in [0.05, 0.1) is 19.4 Å². The molecule has 7 heteroatoms. The number of amides is 2. The normalized spacial score (nSPS) is 14.0. The molecule has 0 unspecified atom stereocenters. The number of nitrogens with zero attached hydrogens (tertiary/aromatic N) is 3.